The van der Waals surface area contributed by atoms with E-state index < -0.39 is 10.9 Å². The Hall–Kier alpha value is -2.29. The average molecular weight is 341 g/mol. The fraction of sp³-hybridized carbons (Fsp3) is 0.182. The molecule has 0 spiro atoms. The lowest BCUT2D eigenvalue weighted by atomic mass is 10.3. The highest BCUT2D eigenvalue weighted by Crippen LogP contribution is 2.28. The van der Waals surface area contributed by atoms with Crippen molar-refractivity contribution in [1.82, 2.24) is 14.8 Å². The lowest BCUT2D eigenvalue weighted by Gasteiger charge is -2.04. The molecule has 20 heavy (non-hydrogen) atoms. The van der Waals surface area contributed by atoms with Crippen LogP contribution in [0.2, 0.25) is 0 Å². The molecule has 2 rings (SSSR count). The number of esters is 1. The standard InChI is InChI=1S/C11H9BrN4O4/c1-2-20-11(17)7-3-14-15(6-7)10-8(12)4-13-5-9(10)16(18)19/h3-6H,2H2,1H3. The SMILES string of the molecule is CCOC(=O)c1cnn(-c2c(Br)cncc2[N+](=O)[O-])c1. The topological polar surface area (TPSA) is 100 Å². The first-order chi connectivity index (χ1) is 9.54. The number of nitrogens with zero attached hydrogens (tertiary/aromatic N) is 4. The fourth-order valence-electron chi connectivity index (χ4n) is 1.54. The molecular formula is C11H9BrN4O4. The minimum atomic E-state index is -0.571. The van der Waals surface area contributed by atoms with Crippen molar-refractivity contribution in [3.8, 4) is 5.69 Å². The molecule has 0 aromatic carbocycles. The minimum absolute atomic E-state index is 0.195. The molecule has 0 atom stereocenters. The van der Waals surface area contributed by atoms with Gasteiger partial charge in [0.05, 0.1) is 27.8 Å². The fourth-order valence-corrected chi connectivity index (χ4v) is 2.05. The normalized spacial score (nSPS) is 10.3. The number of aromatic nitrogens is 3. The van der Waals surface area contributed by atoms with E-state index in [9.17, 15) is 14.9 Å². The quantitative estimate of drug-likeness (QED) is 0.480. The number of ether oxygens (including phenoxy) is 1. The van der Waals surface area contributed by atoms with Crippen LogP contribution in [0.3, 0.4) is 0 Å². The van der Waals surface area contributed by atoms with E-state index in [2.05, 4.69) is 26.0 Å². The Labute approximate surface area is 121 Å². The van der Waals surface area contributed by atoms with Crippen LogP contribution in [0.25, 0.3) is 5.69 Å². The van der Waals surface area contributed by atoms with Crippen LogP contribution in [0.15, 0.2) is 29.3 Å². The molecule has 2 heterocycles. The van der Waals surface area contributed by atoms with Gasteiger partial charge in [-0.05, 0) is 22.9 Å². The summed E-state index contributed by atoms with van der Waals surface area (Å²) < 4.78 is 6.46. The molecule has 104 valence electrons. The molecule has 0 aliphatic rings. The summed E-state index contributed by atoms with van der Waals surface area (Å²) in [5, 5.41) is 14.9. The van der Waals surface area contributed by atoms with E-state index in [-0.39, 0.29) is 23.5 Å². The van der Waals surface area contributed by atoms with Crippen molar-refractivity contribution in [2.24, 2.45) is 0 Å². The van der Waals surface area contributed by atoms with Gasteiger partial charge in [0.1, 0.15) is 6.20 Å². The molecule has 0 saturated heterocycles. The second kappa shape index (κ2) is 5.78. The summed E-state index contributed by atoms with van der Waals surface area (Å²) >= 11 is 3.19. The van der Waals surface area contributed by atoms with Gasteiger partial charge in [-0.15, -0.1) is 0 Å². The number of hydrogen-bond acceptors (Lipinski definition) is 6. The summed E-state index contributed by atoms with van der Waals surface area (Å²) in [7, 11) is 0. The zero-order valence-electron chi connectivity index (χ0n) is 10.3. The average Bonchev–Trinajstić information content (AvgIpc) is 2.88. The number of carbonyl (C=O) groups excluding carboxylic acids is 1. The number of nitro groups is 1. The van der Waals surface area contributed by atoms with Crippen LogP contribution >= 0.6 is 15.9 Å². The van der Waals surface area contributed by atoms with Crippen LogP contribution < -0.4 is 0 Å². The van der Waals surface area contributed by atoms with Gasteiger partial charge in [-0.25, -0.2) is 9.48 Å². The van der Waals surface area contributed by atoms with E-state index in [1.165, 1.54) is 23.3 Å². The molecule has 0 aliphatic carbocycles. The molecule has 0 radical (unpaired) electrons. The van der Waals surface area contributed by atoms with Gasteiger partial charge >= 0.3 is 11.7 Å². The van der Waals surface area contributed by atoms with Gasteiger partial charge in [0.15, 0.2) is 5.69 Å². The van der Waals surface area contributed by atoms with E-state index in [0.29, 0.717) is 4.47 Å². The molecule has 9 heteroatoms. The second-order valence-electron chi connectivity index (χ2n) is 3.64. The first kappa shape index (κ1) is 14.1. The highest BCUT2D eigenvalue weighted by molar-refractivity contribution is 9.10. The molecule has 0 saturated carbocycles. The van der Waals surface area contributed by atoms with E-state index in [1.54, 1.807) is 6.92 Å². The summed E-state index contributed by atoms with van der Waals surface area (Å²) in [5.41, 5.74) is 0.184. The van der Waals surface area contributed by atoms with Crippen molar-refractivity contribution in [2.75, 3.05) is 6.61 Å². The molecule has 2 aromatic heterocycles. The van der Waals surface area contributed by atoms with E-state index in [1.807, 2.05) is 0 Å². The van der Waals surface area contributed by atoms with Crippen molar-refractivity contribution in [3.63, 3.8) is 0 Å². The summed E-state index contributed by atoms with van der Waals surface area (Å²) in [6.45, 7) is 1.93. The van der Waals surface area contributed by atoms with Gasteiger partial charge in [-0.1, -0.05) is 0 Å². The van der Waals surface area contributed by atoms with Crippen molar-refractivity contribution in [2.45, 2.75) is 6.92 Å². The lowest BCUT2D eigenvalue weighted by Crippen LogP contribution is -2.04. The van der Waals surface area contributed by atoms with Gasteiger partial charge < -0.3 is 4.74 Å². The van der Waals surface area contributed by atoms with E-state index in [4.69, 9.17) is 4.74 Å². The molecular weight excluding hydrogens is 332 g/mol. The zero-order chi connectivity index (χ0) is 14.7. The molecule has 8 nitrogen and oxygen atoms in total. The van der Waals surface area contributed by atoms with Crippen LogP contribution in [-0.2, 0) is 4.74 Å². The zero-order valence-corrected chi connectivity index (χ0v) is 11.9. The third-order valence-corrected chi connectivity index (χ3v) is 2.95. The molecule has 0 aliphatic heterocycles. The summed E-state index contributed by atoms with van der Waals surface area (Å²) in [6.07, 6.45) is 5.18. The largest absolute Gasteiger partial charge is 0.462 e. The molecule has 2 aromatic rings. The maximum atomic E-state index is 11.6. The summed E-state index contributed by atoms with van der Waals surface area (Å²) in [6, 6.07) is 0. The first-order valence-electron chi connectivity index (χ1n) is 5.54. The van der Waals surface area contributed by atoms with Crippen LogP contribution in [0.1, 0.15) is 17.3 Å². The van der Waals surface area contributed by atoms with Crippen molar-refractivity contribution >= 4 is 27.6 Å². The third-order valence-electron chi connectivity index (χ3n) is 2.37. The maximum Gasteiger partial charge on any atom is 0.341 e. The van der Waals surface area contributed by atoms with E-state index in [0.717, 1.165) is 6.20 Å². The Morgan fingerprint density at radius 2 is 2.25 bits per heavy atom. The Kier molecular flexibility index (Phi) is 4.08. The van der Waals surface area contributed by atoms with Crippen LogP contribution in [-0.4, -0.2) is 32.3 Å². The smallest absolute Gasteiger partial charge is 0.341 e. The van der Waals surface area contributed by atoms with Gasteiger partial charge in [0.2, 0.25) is 0 Å². The number of halogens is 1. The molecule has 0 fully saturated rings. The monoisotopic (exact) mass is 340 g/mol. The Balaban J connectivity index is 2.47. The molecule has 0 unspecified atom stereocenters. The Morgan fingerprint density at radius 1 is 1.50 bits per heavy atom. The molecule has 0 bridgehead atoms. The maximum absolute atomic E-state index is 11.6. The number of rotatable bonds is 4. The van der Waals surface area contributed by atoms with Crippen molar-refractivity contribution < 1.29 is 14.5 Å². The van der Waals surface area contributed by atoms with Gasteiger partial charge in [0, 0.05) is 12.4 Å². The molecule has 0 N–H and O–H groups in total. The second-order valence-corrected chi connectivity index (χ2v) is 4.49. The Morgan fingerprint density at radius 3 is 2.90 bits per heavy atom. The van der Waals surface area contributed by atoms with Gasteiger partial charge in [-0.2, -0.15) is 5.10 Å². The Bertz CT molecular complexity index is 670. The van der Waals surface area contributed by atoms with Gasteiger partial charge in [0.25, 0.3) is 0 Å². The number of carbonyl (C=O) groups is 1. The number of pyridine rings is 1. The van der Waals surface area contributed by atoms with Crippen LogP contribution in [0.5, 0.6) is 0 Å². The highest BCUT2D eigenvalue weighted by atomic mass is 79.9. The third kappa shape index (κ3) is 2.67. The van der Waals surface area contributed by atoms with Crippen LogP contribution in [0, 0.1) is 10.1 Å². The predicted molar refractivity (Wildman–Crippen MR) is 71.7 cm³/mol. The summed E-state index contributed by atoms with van der Waals surface area (Å²) in [4.78, 5) is 25.7. The van der Waals surface area contributed by atoms with Gasteiger partial charge in [-0.3, -0.25) is 15.1 Å². The highest BCUT2D eigenvalue weighted by Gasteiger charge is 2.21. The molecule has 0 amide bonds. The summed E-state index contributed by atoms with van der Waals surface area (Å²) in [5.74, 6) is -0.536. The van der Waals surface area contributed by atoms with Crippen molar-refractivity contribution in [3.05, 3.63) is 44.9 Å². The minimum Gasteiger partial charge on any atom is -0.462 e. The van der Waals surface area contributed by atoms with Crippen molar-refractivity contribution in [1.29, 1.82) is 0 Å². The van der Waals surface area contributed by atoms with Crippen LogP contribution in [0.4, 0.5) is 5.69 Å². The predicted octanol–water partition coefficient (Wildman–Crippen LogP) is 2.11. The first-order valence-corrected chi connectivity index (χ1v) is 6.34. The lowest BCUT2D eigenvalue weighted by molar-refractivity contribution is -0.385. The number of hydrogen-bond donors (Lipinski definition) is 0. The van der Waals surface area contributed by atoms with E-state index >= 15 is 0 Å².